The fraction of sp³-hybridized carbons (Fsp3) is 0.533. The van der Waals surface area contributed by atoms with Crippen LogP contribution in [0.4, 0.5) is 0 Å². The smallest absolute Gasteiger partial charge is 0.242 e. The first kappa shape index (κ1) is 27.4. The Morgan fingerprint density at radius 1 is 1.05 bits per heavy atom. The number of fused-ring (bicyclic) bond motifs is 5. The SMILES string of the molecule is COc1ccc2cc1Oc1cccc(c1)CO[C@H]1CCN(C(=O)C(C)(C)N3CCOCC3)C[C@H]1NC(=O)CC2. The minimum Gasteiger partial charge on any atom is -0.493 e. The summed E-state index contributed by atoms with van der Waals surface area (Å²) in [6.07, 6.45) is 1.30. The molecule has 2 saturated heterocycles. The molecule has 210 valence electrons. The van der Waals surface area contributed by atoms with Crippen molar-refractivity contribution in [3.05, 3.63) is 53.6 Å². The third-order valence-corrected chi connectivity index (χ3v) is 7.97. The highest BCUT2D eigenvalue weighted by atomic mass is 16.5. The van der Waals surface area contributed by atoms with E-state index in [0.29, 0.717) is 69.4 Å². The van der Waals surface area contributed by atoms with Crippen molar-refractivity contribution >= 4 is 11.8 Å². The Morgan fingerprint density at radius 3 is 2.67 bits per heavy atom. The molecular weight excluding hydrogens is 498 g/mol. The zero-order chi connectivity index (χ0) is 27.4. The standard InChI is InChI=1S/C30H39N3O6/c1-30(2,33-13-15-37-16-14-33)29(35)32-12-11-25-24(19-32)31-28(34)10-8-21-7-9-26(36-3)27(18-21)39-23-6-4-5-22(17-23)20-38-25/h4-7,9,17-18,24-25H,8,10-16,19-20H2,1-3H3,(H,31,34)/t24-,25+/m1/s1. The van der Waals surface area contributed by atoms with E-state index in [-0.39, 0.29) is 24.0 Å². The summed E-state index contributed by atoms with van der Waals surface area (Å²) in [6.45, 7) is 8.06. The Bertz CT molecular complexity index is 1180. The molecule has 0 aliphatic carbocycles. The van der Waals surface area contributed by atoms with Gasteiger partial charge >= 0.3 is 0 Å². The average molecular weight is 538 g/mol. The first-order chi connectivity index (χ1) is 18.8. The highest BCUT2D eigenvalue weighted by Crippen LogP contribution is 2.33. The highest BCUT2D eigenvalue weighted by Gasteiger charge is 2.42. The molecule has 0 spiro atoms. The maximum atomic E-state index is 13.7. The summed E-state index contributed by atoms with van der Waals surface area (Å²) < 4.78 is 23.5. The number of benzene rings is 2. The average Bonchev–Trinajstić information content (AvgIpc) is 2.95. The minimum absolute atomic E-state index is 0.0657. The number of morpholine rings is 1. The van der Waals surface area contributed by atoms with Crippen molar-refractivity contribution < 1.29 is 28.5 Å². The molecule has 0 saturated carbocycles. The number of rotatable bonds is 3. The normalized spacial score (nSPS) is 22.9. The van der Waals surface area contributed by atoms with E-state index in [0.717, 1.165) is 24.2 Å². The molecule has 4 bridgehead atoms. The van der Waals surface area contributed by atoms with E-state index in [2.05, 4.69) is 10.2 Å². The molecule has 3 heterocycles. The molecule has 5 rings (SSSR count). The topological polar surface area (TPSA) is 89.6 Å². The zero-order valence-corrected chi connectivity index (χ0v) is 23.1. The predicted molar refractivity (Wildman–Crippen MR) is 146 cm³/mol. The van der Waals surface area contributed by atoms with E-state index in [1.54, 1.807) is 7.11 Å². The van der Waals surface area contributed by atoms with Crippen molar-refractivity contribution in [1.29, 1.82) is 0 Å². The number of nitrogens with one attached hydrogen (secondary N) is 1. The van der Waals surface area contributed by atoms with Gasteiger partial charge in [-0.25, -0.2) is 0 Å². The molecule has 3 aliphatic rings. The third-order valence-electron chi connectivity index (χ3n) is 7.97. The predicted octanol–water partition coefficient (Wildman–Crippen LogP) is 3.15. The van der Waals surface area contributed by atoms with Gasteiger partial charge in [0.05, 0.1) is 44.6 Å². The molecule has 1 N–H and O–H groups in total. The number of hydrogen-bond donors (Lipinski definition) is 1. The zero-order valence-electron chi connectivity index (χ0n) is 23.1. The van der Waals surface area contributed by atoms with E-state index < -0.39 is 5.54 Å². The van der Waals surface area contributed by atoms with Gasteiger partial charge in [0.25, 0.3) is 0 Å². The van der Waals surface area contributed by atoms with Crippen molar-refractivity contribution in [3.8, 4) is 17.2 Å². The Hall–Kier alpha value is -3.14. The van der Waals surface area contributed by atoms with Crippen LogP contribution in [0.5, 0.6) is 17.2 Å². The van der Waals surface area contributed by atoms with Gasteiger partial charge < -0.3 is 29.2 Å². The molecule has 2 fully saturated rings. The maximum Gasteiger partial charge on any atom is 0.242 e. The number of piperidine rings is 1. The van der Waals surface area contributed by atoms with E-state index in [1.807, 2.05) is 61.2 Å². The molecule has 9 heteroatoms. The van der Waals surface area contributed by atoms with E-state index in [9.17, 15) is 9.59 Å². The van der Waals surface area contributed by atoms with Crippen LogP contribution in [0, 0.1) is 0 Å². The summed E-state index contributed by atoms with van der Waals surface area (Å²) in [5, 5.41) is 3.19. The first-order valence-corrected chi connectivity index (χ1v) is 13.8. The number of carbonyl (C=O) groups is 2. The monoisotopic (exact) mass is 537 g/mol. The molecule has 2 aromatic carbocycles. The molecule has 0 unspecified atom stereocenters. The van der Waals surface area contributed by atoms with Crippen molar-refractivity contribution in [2.75, 3.05) is 46.5 Å². The lowest BCUT2D eigenvalue weighted by Crippen LogP contribution is -2.63. The van der Waals surface area contributed by atoms with Crippen LogP contribution < -0.4 is 14.8 Å². The summed E-state index contributed by atoms with van der Waals surface area (Å²) in [6, 6.07) is 13.2. The van der Waals surface area contributed by atoms with Gasteiger partial charge in [-0.2, -0.15) is 0 Å². The summed E-state index contributed by atoms with van der Waals surface area (Å²) in [5.41, 5.74) is 1.30. The van der Waals surface area contributed by atoms with Gasteiger partial charge in [0, 0.05) is 32.6 Å². The summed E-state index contributed by atoms with van der Waals surface area (Å²) >= 11 is 0. The quantitative estimate of drug-likeness (QED) is 0.644. The maximum absolute atomic E-state index is 13.7. The van der Waals surface area contributed by atoms with Gasteiger partial charge in [0.2, 0.25) is 11.8 Å². The number of hydrogen-bond acceptors (Lipinski definition) is 7. The number of aryl methyl sites for hydroxylation is 1. The Balaban J connectivity index is 1.36. The second-order valence-corrected chi connectivity index (χ2v) is 11.0. The lowest BCUT2D eigenvalue weighted by atomic mass is 9.95. The fourth-order valence-corrected chi connectivity index (χ4v) is 5.62. The lowest BCUT2D eigenvalue weighted by molar-refractivity contribution is -0.150. The van der Waals surface area contributed by atoms with Crippen LogP contribution in [0.2, 0.25) is 0 Å². The van der Waals surface area contributed by atoms with Gasteiger partial charge in [0.1, 0.15) is 5.75 Å². The van der Waals surface area contributed by atoms with Crippen LogP contribution in [-0.4, -0.2) is 85.8 Å². The number of methoxy groups -OCH3 is 1. The molecule has 2 aromatic rings. The highest BCUT2D eigenvalue weighted by molar-refractivity contribution is 5.86. The number of carbonyl (C=O) groups excluding carboxylic acids is 2. The largest absolute Gasteiger partial charge is 0.493 e. The van der Waals surface area contributed by atoms with Crippen LogP contribution in [0.3, 0.4) is 0 Å². The van der Waals surface area contributed by atoms with Crippen LogP contribution in [0.15, 0.2) is 42.5 Å². The van der Waals surface area contributed by atoms with Crippen molar-refractivity contribution in [2.45, 2.75) is 57.4 Å². The van der Waals surface area contributed by atoms with Crippen LogP contribution in [-0.2, 0) is 32.1 Å². The fourth-order valence-electron chi connectivity index (χ4n) is 5.62. The van der Waals surface area contributed by atoms with E-state index in [4.69, 9.17) is 18.9 Å². The molecule has 3 aliphatic heterocycles. The van der Waals surface area contributed by atoms with Crippen molar-refractivity contribution in [3.63, 3.8) is 0 Å². The van der Waals surface area contributed by atoms with Crippen LogP contribution >= 0.6 is 0 Å². The van der Waals surface area contributed by atoms with Gasteiger partial charge in [-0.05, 0) is 62.1 Å². The summed E-state index contributed by atoms with van der Waals surface area (Å²) in [4.78, 5) is 30.9. The molecule has 9 nitrogen and oxygen atoms in total. The van der Waals surface area contributed by atoms with Gasteiger partial charge in [0.15, 0.2) is 11.5 Å². The molecule has 0 aromatic heterocycles. The Kier molecular flexibility index (Phi) is 8.40. The van der Waals surface area contributed by atoms with E-state index in [1.165, 1.54) is 0 Å². The summed E-state index contributed by atoms with van der Waals surface area (Å²) in [5.74, 6) is 1.93. The number of likely N-dealkylation sites (tertiary alicyclic amines) is 1. The van der Waals surface area contributed by atoms with Crippen LogP contribution in [0.1, 0.15) is 37.8 Å². The molecule has 2 atom stereocenters. The van der Waals surface area contributed by atoms with Gasteiger partial charge in [-0.1, -0.05) is 18.2 Å². The Labute approximate surface area is 230 Å². The lowest BCUT2D eigenvalue weighted by Gasteiger charge is -2.45. The number of ether oxygens (including phenoxy) is 4. The molecule has 0 radical (unpaired) electrons. The van der Waals surface area contributed by atoms with Gasteiger partial charge in [-0.3, -0.25) is 14.5 Å². The van der Waals surface area contributed by atoms with Crippen LogP contribution in [0.25, 0.3) is 0 Å². The molecule has 2 amide bonds. The Morgan fingerprint density at radius 2 is 1.87 bits per heavy atom. The van der Waals surface area contributed by atoms with Crippen molar-refractivity contribution in [2.24, 2.45) is 0 Å². The number of amides is 2. The summed E-state index contributed by atoms with van der Waals surface area (Å²) in [7, 11) is 1.61. The molecule has 39 heavy (non-hydrogen) atoms. The first-order valence-electron chi connectivity index (χ1n) is 13.8. The van der Waals surface area contributed by atoms with Gasteiger partial charge in [-0.15, -0.1) is 0 Å². The van der Waals surface area contributed by atoms with Crippen molar-refractivity contribution in [1.82, 2.24) is 15.1 Å². The number of nitrogens with zero attached hydrogens (tertiary/aromatic N) is 2. The van der Waals surface area contributed by atoms with E-state index >= 15 is 0 Å². The molecular formula is C30H39N3O6. The third kappa shape index (κ3) is 6.37. The minimum atomic E-state index is -0.645. The second kappa shape index (κ2) is 11.9. The second-order valence-electron chi connectivity index (χ2n) is 11.0.